The molecule has 2 N–H and O–H groups in total. The van der Waals surface area contributed by atoms with Crippen LogP contribution in [0, 0.1) is 11.3 Å². The normalized spacial score (nSPS) is 31.0. The zero-order chi connectivity index (χ0) is 15.0. The van der Waals surface area contributed by atoms with Crippen LogP contribution in [0.5, 0.6) is 0 Å². The lowest BCUT2D eigenvalue weighted by atomic mass is 9.46. The van der Waals surface area contributed by atoms with Crippen LogP contribution in [0.15, 0.2) is 30.3 Å². The first kappa shape index (κ1) is 14.0. The van der Waals surface area contributed by atoms with Gasteiger partial charge in [-0.15, -0.1) is 0 Å². The van der Waals surface area contributed by atoms with Crippen molar-refractivity contribution in [3.8, 4) is 0 Å². The third-order valence-electron chi connectivity index (χ3n) is 5.57. The first-order chi connectivity index (χ1) is 10.8. The van der Waals surface area contributed by atoms with E-state index in [1.54, 1.807) is 0 Å². The van der Waals surface area contributed by atoms with Crippen molar-refractivity contribution in [1.29, 1.82) is 0 Å². The Morgan fingerprint density at radius 1 is 1.32 bits per heavy atom. The minimum Gasteiger partial charge on any atom is -0.377 e. The lowest BCUT2D eigenvalue weighted by molar-refractivity contribution is -0.172. The molecule has 2 aliphatic carbocycles. The summed E-state index contributed by atoms with van der Waals surface area (Å²) in [6.45, 7) is 1.21. The van der Waals surface area contributed by atoms with Gasteiger partial charge in [0.2, 0.25) is 0 Å². The topological polar surface area (TPSA) is 59.6 Å². The van der Waals surface area contributed by atoms with Crippen molar-refractivity contribution in [2.75, 3.05) is 6.61 Å². The van der Waals surface area contributed by atoms with Crippen molar-refractivity contribution in [2.45, 2.75) is 44.4 Å². The van der Waals surface area contributed by atoms with Gasteiger partial charge in [-0.1, -0.05) is 36.8 Å². The predicted molar refractivity (Wildman–Crippen MR) is 80.8 cm³/mol. The Kier molecular flexibility index (Phi) is 3.54. The highest BCUT2D eigenvalue weighted by Gasteiger charge is 2.66. The molecular formula is C17H22N2O3. The Morgan fingerprint density at radius 3 is 2.86 bits per heavy atom. The molecule has 1 aromatic rings. The number of nitrogens with one attached hydrogen (secondary N) is 2. The average molecular weight is 302 g/mol. The summed E-state index contributed by atoms with van der Waals surface area (Å²) < 4.78 is 5.86. The van der Waals surface area contributed by atoms with Crippen molar-refractivity contribution in [3.63, 3.8) is 0 Å². The molecule has 3 aliphatic rings. The molecule has 118 valence electrons. The summed E-state index contributed by atoms with van der Waals surface area (Å²) in [6.07, 6.45) is 5.02. The average Bonchev–Trinajstić information content (AvgIpc) is 2.90. The van der Waals surface area contributed by atoms with Crippen LogP contribution in [0.1, 0.15) is 31.2 Å². The summed E-state index contributed by atoms with van der Waals surface area (Å²) in [5, 5.41) is 3.11. The van der Waals surface area contributed by atoms with E-state index in [1.807, 2.05) is 30.3 Å². The first-order valence-corrected chi connectivity index (χ1v) is 8.13. The molecule has 4 rings (SSSR count). The van der Waals surface area contributed by atoms with Gasteiger partial charge in [0.05, 0.1) is 12.7 Å². The number of carbonyl (C=O) groups is 1. The van der Waals surface area contributed by atoms with E-state index in [1.165, 1.54) is 19.3 Å². The van der Waals surface area contributed by atoms with Crippen LogP contribution in [0.2, 0.25) is 0 Å². The number of hydrogen-bond acceptors (Lipinski definition) is 3. The minimum absolute atomic E-state index is 0.206. The first-order valence-electron chi connectivity index (χ1n) is 8.13. The number of ether oxygens (including phenoxy) is 1. The second-order valence-corrected chi connectivity index (χ2v) is 6.66. The van der Waals surface area contributed by atoms with E-state index < -0.39 is 0 Å². The Bertz CT molecular complexity index is 544. The molecule has 0 unspecified atom stereocenters. The fraction of sp³-hybridized carbons (Fsp3) is 0.588. The molecule has 0 aromatic heterocycles. The van der Waals surface area contributed by atoms with Crippen LogP contribution >= 0.6 is 0 Å². The molecule has 22 heavy (non-hydrogen) atoms. The Labute approximate surface area is 130 Å². The number of hydroxylamine groups is 1. The molecular weight excluding hydrogens is 280 g/mol. The zero-order valence-corrected chi connectivity index (χ0v) is 12.6. The van der Waals surface area contributed by atoms with Crippen LogP contribution < -0.4 is 10.8 Å². The van der Waals surface area contributed by atoms with Crippen LogP contribution in [-0.2, 0) is 16.2 Å². The molecule has 1 heterocycles. The lowest BCUT2D eigenvalue weighted by Gasteiger charge is -2.63. The summed E-state index contributed by atoms with van der Waals surface area (Å²) in [6, 6.07) is 9.80. The molecule has 2 amide bonds. The maximum Gasteiger partial charge on any atom is 0.338 e. The Balaban J connectivity index is 1.27. The Hall–Kier alpha value is -1.59. The van der Waals surface area contributed by atoms with E-state index in [4.69, 9.17) is 9.57 Å². The van der Waals surface area contributed by atoms with Crippen LogP contribution in [0.4, 0.5) is 4.79 Å². The molecule has 1 aliphatic heterocycles. The van der Waals surface area contributed by atoms with Crippen molar-refractivity contribution in [2.24, 2.45) is 11.3 Å². The standard InChI is InChI=1S/C17H22N2O3/c20-16(19-22-11-12-5-2-1-3-6-12)18-14-13-7-10-21-15(13)17(14)8-4-9-17/h1-3,5-6,13-15H,4,7-11H2,(H2,18,19,20)/t13-,14+,15+/m0/s1. The number of amides is 2. The molecule has 3 atom stereocenters. The minimum atomic E-state index is -0.238. The highest BCUT2D eigenvalue weighted by atomic mass is 16.7. The van der Waals surface area contributed by atoms with Crippen LogP contribution in [0.3, 0.4) is 0 Å². The molecule has 1 aromatic carbocycles. The number of fused-ring (bicyclic) bond motifs is 2. The molecule has 0 radical (unpaired) electrons. The fourth-order valence-corrected chi connectivity index (χ4v) is 4.39. The van der Waals surface area contributed by atoms with Gasteiger partial charge in [-0.05, 0) is 24.8 Å². The van der Waals surface area contributed by atoms with Gasteiger partial charge in [0.25, 0.3) is 0 Å². The van der Waals surface area contributed by atoms with Gasteiger partial charge in [-0.3, -0.25) is 4.84 Å². The molecule has 5 nitrogen and oxygen atoms in total. The molecule has 0 bridgehead atoms. The highest BCUT2D eigenvalue weighted by Crippen LogP contribution is 2.62. The maximum atomic E-state index is 12.1. The monoisotopic (exact) mass is 302 g/mol. The van der Waals surface area contributed by atoms with Crippen molar-refractivity contribution < 1.29 is 14.4 Å². The summed E-state index contributed by atoms with van der Waals surface area (Å²) >= 11 is 0. The molecule has 5 heteroatoms. The van der Waals surface area contributed by atoms with Gasteiger partial charge in [0.15, 0.2) is 0 Å². The summed E-state index contributed by atoms with van der Waals surface area (Å²) in [5.74, 6) is 0.486. The molecule has 1 saturated heterocycles. The van der Waals surface area contributed by atoms with Crippen molar-refractivity contribution >= 4 is 6.03 Å². The smallest absolute Gasteiger partial charge is 0.338 e. The Morgan fingerprint density at radius 2 is 2.14 bits per heavy atom. The maximum absolute atomic E-state index is 12.1. The third kappa shape index (κ3) is 2.20. The van der Waals surface area contributed by atoms with Gasteiger partial charge < -0.3 is 10.1 Å². The predicted octanol–water partition coefficient (Wildman–Crippen LogP) is 2.38. The molecule has 1 spiro atoms. The third-order valence-corrected chi connectivity index (χ3v) is 5.57. The summed E-state index contributed by atoms with van der Waals surface area (Å²) in [4.78, 5) is 17.4. The quantitative estimate of drug-likeness (QED) is 0.840. The van der Waals surface area contributed by atoms with E-state index >= 15 is 0 Å². The number of rotatable bonds is 4. The summed E-state index contributed by atoms with van der Waals surface area (Å²) in [5.41, 5.74) is 3.75. The van der Waals surface area contributed by atoms with Gasteiger partial charge in [-0.2, -0.15) is 0 Å². The lowest BCUT2D eigenvalue weighted by Crippen LogP contribution is -2.72. The van der Waals surface area contributed by atoms with E-state index in [0.717, 1.165) is 18.6 Å². The molecule has 2 saturated carbocycles. The second-order valence-electron chi connectivity index (χ2n) is 6.66. The van der Waals surface area contributed by atoms with E-state index in [-0.39, 0.29) is 17.5 Å². The van der Waals surface area contributed by atoms with Crippen LogP contribution in [-0.4, -0.2) is 24.8 Å². The fourth-order valence-electron chi connectivity index (χ4n) is 4.39. The second kappa shape index (κ2) is 5.56. The largest absolute Gasteiger partial charge is 0.377 e. The van der Waals surface area contributed by atoms with Gasteiger partial charge >= 0.3 is 6.03 Å². The van der Waals surface area contributed by atoms with Gasteiger partial charge in [0, 0.05) is 24.0 Å². The van der Waals surface area contributed by atoms with Gasteiger partial charge in [0.1, 0.15) is 0 Å². The zero-order valence-electron chi connectivity index (χ0n) is 12.6. The summed E-state index contributed by atoms with van der Waals surface area (Å²) in [7, 11) is 0. The number of urea groups is 1. The number of benzene rings is 1. The van der Waals surface area contributed by atoms with Crippen molar-refractivity contribution in [3.05, 3.63) is 35.9 Å². The van der Waals surface area contributed by atoms with Gasteiger partial charge in [-0.25, -0.2) is 10.3 Å². The number of carbonyl (C=O) groups excluding carboxylic acids is 1. The van der Waals surface area contributed by atoms with E-state index in [0.29, 0.717) is 18.6 Å². The highest BCUT2D eigenvalue weighted by molar-refractivity contribution is 5.73. The van der Waals surface area contributed by atoms with Crippen LogP contribution in [0.25, 0.3) is 0 Å². The number of hydrogen-bond donors (Lipinski definition) is 2. The van der Waals surface area contributed by atoms with E-state index in [2.05, 4.69) is 10.8 Å². The van der Waals surface area contributed by atoms with Crippen molar-refractivity contribution in [1.82, 2.24) is 10.8 Å². The molecule has 3 fully saturated rings. The SMILES string of the molecule is O=C(NOCc1ccccc1)N[C@@H]1[C@@H]2CCO[C@H]2C12CCC2. The van der Waals surface area contributed by atoms with E-state index in [9.17, 15) is 4.79 Å².